The average Bonchev–Trinajstić information content (AvgIpc) is 3.01. The van der Waals surface area contributed by atoms with E-state index in [0.717, 1.165) is 29.6 Å². The summed E-state index contributed by atoms with van der Waals surface area (Å²) in [5, 5.41) is 0. The van der Waals surface area contributed by atoms with E-state index >= 15 is 0 Å². The van der Waals surface area contributed by atoms with E-state index in [1.165, 1.54) is 0 Å². The minimum atomic E-state index is -3.37. The number of hydrogen-bond donors (Lipinski definition) is 0. The molecule has 138 valence electrons. The number of nitrogens with zero attached hydrogens (tertiary/aromatic N) is 1. The van der Waals surface area contributed by atoms with Gasteiger partial charge in [-0.15, -0.1) is 0 Å². The van der Waals surface area contributed by atoms with Gasteiger partial charge in [-0.05, 0) is 55.8 Å². The quantitative estimate of drug-likeness (QED) is 0.522. The molecule has 2 aromatic carbocycles. The molecule has 26 heavy (non-hydrogen) atoms. The van der Waals surface area contributed by atoms with Crippen LogP contribution >= 0.6 is 0 Å². The summed E-state index contributed by atoms with van der Waals surface area (Å²) in [5.74, 6) is -0.0301. The second-order valence-electron chi connectivity index (χ2n) is 6.78. The zero-order valence-electron chi connectivity index (χ0n) is 15.2. The molecule has 3 rings (SSSR count). The lowest BCUT2D eigenvalue weighted by Crippen LogP contribution is -2.33. The molecular weight excluding hydrogens is 349 g/mol. The maximum atomic E-state index is 12.6. The van der Waals surface area contributed by atoms with Crippen LogP contribution in [0.15, 0.2) is 53.4 Å². The Hall–Kier alpha value is -1.67. The monoisotopic (exact) mass is 373 g/mol. The third-order valence-corrected chi connectivity index (χ3v) is 6.04. The van der Waals surface area contributed by atoms with E-state index in [4.69, 9.17) is 9.31 Å². The van der Waals surface area contributed by atoms with Gasteiger partial charge in [0.2, 0.25) is 0 Å². The first-order valence-corrected chi connectivity index (χ1v) is 10.4. The van der Waals surface area contributed by atoms with Crippen molar-refractivity contribution in [2.45, 2.75) is 23.7 Å². The van der Waals surface area contributed by atoms with Gasteiger partial charge in [0.1, 0.15) is 0 Å². The Bertz CT molecular complexity index is 840. The zero-order chi connectivity index (χ0) is 18.6. The van der Waals surface area contributed by atoms with Crippen LogP contribution in [0.3, 0.4) is 0 Å². The van der Waals surface area contributed by atoms with Gasteiger partial charge in [0.05, 0.1) is 17.3 Å². The highest BCUT2D eigenvalue weighted by molar-refractivity contribution is 7.90. The highest BCUT2D eigenvalue weighted by atomic mass is 32.2. The van der Waals surface area contributed by atoms with E-state index in [0.29, 0.717) is 18.1 Å². The molecule has 1 aliphatic heterocycles. The number of hydrogen-bond acceptors (Lipinski definition) is 5. The maximum Gasteiger partial charge on any atom is 0.494 e. The van der Waals surface area contributed by atoms with Crippen molar-refractivity contribution in [3.8, 4) is 0 Å². The molecular formula is C19H24BNO4S. The molecule has 2 aromatic rings. The fourth-order valence-corrected chi connectivity index (χ4v) is 4.34. The molecule has 1 aliphatic rings. The Balaban J connectivity index is 1.69. The Labute approximate surface area is 156 Å². The van der Waals surface area contributed by atoms with Gasteiger partial charge in [0.25, 0.3) is 0 Å². The van der Waals surface area contributed by atoms with Gasteiger partial charge in [0.15, 0.2) is 9.84 Å². The van der Waals surface area contributed by atoms with Crippen molar-refractivity contribution in [3.05, 3.63) is 59.7 Å². The van der Waals surface area contributed by atoms with Crippen LogP contribution < -0.4 is 5.46 Å². The van der Waals surface area contributed by atoms with Crippen LogP contribution in [0.1, 0.15) is 17.5 Å². The van der Waals surface area contributed by atoms with Crippen molar-refractivity contribution >= 4 is 22.4 Å². The molecule has 5 nitrogen and oxygen atoms in total. The smallest absolute Gasteiger partial charge is 0.407 e. The Morgan fingerprint density at radius 1 is 1.15 bits per heavy atom. The van der Waals surface area contributed by atoms with Crippen LogP contribution in [0.2, 0.25) is 0 Å². The molecule has 0 saturated heterocycles. The second-order valence-corrected chi connectivity index (χ2v) is 8.77. The highest BCUT2D eigenvalue weighted by Gasteiger charge is 2.31. The van der Waals surface area contributed by atoms with Crippen LogP contribution in [0.25, 0.3) is 0 Å². The minimum absolute atomic E-state index is 0.0301. The predicted molar refractivity (Wildman–Crippen MR) is 103 cm³/mol. The first-order valence-electron chi connectivity index (χ1n) is 8.73. The van der Waals surface area contributed by atoms with Crippen LogP contribution in [0.4, 0.5) is 0 Å². The fraction of sp³-hybridized carbons (Fsp3) is 0.368. The molecule has 0 unspecified atom stereocenters. The molecule has 0 bridgehead atoms. The highest BCUT2D eigenvalue weighted by Crippen LogP contribution is 2.19. The SMILES string of the molecule is CN(C)CCCOB1OCc2ccc(CS(=O)(=O)c3ccccc3)cc21. The summed E-state index contributed by atoms with van der Waals surface area (Å²) in [5.41, 5.74) is 2.75. The summed E-state index contributed by atoms with van der Waals surface area (Å²) in [6.45, 7) is 2.06. The third-order valence-electron chi connectivity index (χ3n) is 4.33. The summed E-state index contributed by atoms with van der Waals surface area (Å²) >= 11 is 0. The molecule has 0 aromatic heterocycles. The maximum absolute atomic E-state index is 12.6. The lowest BCUT2D eigenvalue weighted by Gasteiger charge is -2.12. The summed E-state index contributed by atoms with van der Waals surface area (Å²) in [7, 11) is 0.281. The molecule has 7 heteroatoms. The average molecular weight is 373 g/mol. The van der Waals surface area contributed by atoms with E-state index in [9.17, 15) is 8.42 Å². The lowest BCUT2D eigenvalue weighted by molar-refractivity contribution is 0.202. The van der Waals surface area contributed by atoms with Gasteiger partial charge >= 0.3 is 7.12 Å². The van der Waals surface area contributed by atoms with E-state index in [-0.39, 0.29) is 5.75 Å². The first kappa shape index (κ1) is 19.1. The molecule has 0 spiro atoms. The predicted octanol–water partition coefficient (Wildman–Crippen LogP) is 1.85. The van der Waals surface area contributed by atoms with E-state index in [2.05, 4.69) is 4.90 Å². The number of rotatable bonds is 8. The van der Waals surface area contributed by atoms with Gasteiger partial charge in [-0.2, -0.15) is 0 Å². The largest absolute Gasteiger partial charge is 0.494 e. The van der Waals surface area contributed by atoms with Crippen molar-refractivity contribution in [3.63, 3.8) is 0 Å². The van der Waals surface area contributed by atoms with Crippen LogP contribution in [0, 0.1) is 0 Å². The fourth-order valence-electron chi connectivity index (χ4n) is 2.98. The summed E-state index contributed by atoms with van der Waals surface area (Å²) in [6, 6.07) is 14.2. The Morgan fingerprint density at radius 2 is 1.92 bits per heavy atom. The Morgan fingerprint density at radius 3 is 2.65 bits per heavy atom. The van der Waals surface area contributed by atoms with Crippen LogP contribution in [0.5, 0.6) is 0 Å². The van der Waals surface area contributed by atoms with Crippen LogP contribution in [-0.2, 0) is 31.5 Å². The van der Waals surface area contributed by atoms with E-state index in [1.807, 2.05) is 38.4 Å². The molecule has 0 amide bonds. The number of benzene rings is 2. The van der Waals surface area contributed by atoms with Crippen molar-refractivity contribution < 1.29 is 17.7 Å². The van der Waals surface area contributed by atoms with Gasteiger partial charge in [-0.3, -0.25) is 0 Å². The van der Waals surface area contributed by atoms with Crippen molar-refractivity contribution in [1.82, 2.24) is 4.90 Å². The molecule has 0 aliphatic carbocycles. The van der Waals surface area contributed by atoms with Gasteiger partial charge in [-0.1, -0.05) is 36.4 Å². The Kier molecular flexibility index (Phi) is 6.14. The lowest BCUT2D eigenvalue weighted by atomic mass is 9.78. The molecule has 0 saturated carbocycles. The molecule has 1 heterocycles. The standard InChI is InChI=1S/C19H24BNO4S/c1-21(2)11-6-12-24-20-19-13-16(9-10-17(19)14-25-20)15-26(22,23)18-7-4-3-5-8-18/h3-5,7-10,13H,6,11-12,14-15H2,1-2H3. The molecule has 0 radical (unpaired) electrons. The van der Waals surface area contributed by atoms with Crippen LogP contribution in [-0.4, -0.2) is 47.7 Å². The molecule has 0 atom stereocenters. The first-order chi connectivity index (χ1) is 12.5. The molecule has 0 fully saturated rings. The number of fused-ring (bicyclic) bond motifs is 1. The summed E-state index contributed by atoms with van der Waals surface area (Å²) < 4.78 is 36.7. The second kappa shape index (κ2) is 8.35. The number of sulfone groups is 1. The van der Waals surface area contributed by atoms with Gasteiger partial charge < -0.3 is 14.2 Å². The minimum Gasteiger partial charge on any atom is -0.407 e. The van der Waals surface area contributed by atoms with Crippen molar-refractivity contribution in [2.24, 2.45) is 0 Å². The van der Waals surface area contributed by atoms with E-state index < -0.39 is 17.0 Å². The molecule has 0 N–H and O–H groups in total. The third kappa shape index (κ3) is 4.74. The van der Waals surface area contributed by atoms with Crippen molar-refractivity contribution in [2.75, 3.05) is 27.2 Å². The summed E-state index contributed by atoms with van der Waals surface area (Å²) in [6.07, 6.45) is 0.921. The normalized spacial score (nSPS) is 14.0. The topological polar surface area (TPSA) is 55.8 Å². The van der Waals surface area contributed by atoms with E-state index in [1.54, 1.807) is 24.3 Å². The van der Waals surface area contributed by atoms with Crippen molar-refractivity contribution in [1.29, 1.82) is 0 Å². The van der Waals surface area contributed by atoms with Gasteiger partial charge in [-0.25, -0.2) is 8.42 Å². The zero-order valence-corrected chi connectivity index (χ0v) is 16.0. The summed E-state index contributed by atoms with van der Waals surface area (Å²) in [4.78, 5) is 2.45. The van der Waals surface area contributed by atoms with Gasteiger partial charge in [0, 0.05) is 6.61 Å².